The predicted octanol–water partition coefficient (Wildman–Crippen LogP) is 1.63. The molecule has 0 atom stereocenters. The first-order valence-electron chi connectivity index (χ1n) is 6.85. The first-order chi connectivity index (χ1) is 11.1. The summed E-state index contributed by atoms with van der Waals surface area (Å²) in [5, 5.41) is 16.4. The van der Waals surface area contributed by atoms with Crippen LogP contribution in [0.1, 0.15) is 5.56 Å². The Morgan fingerprint density at radius 1 is 1.30 bits per heavy atom. The van der Waals surface area contributed by atoms with Gasteiger partial charge in [-0.25, -0.2) is 4.98 Å². The molecule has 1 aromatic carbocycles. The minimum Gasteiger partial charge on any atom is -0.367 e. The van der Waals surface area contributed by atoms with E-state index in [4.69, 9.17) is 0 Å². The van der Waals surface area contributed by atoms with Crippen LogP contribution >= 0.6 is 0 Å². The first-order valence-corrected chi connectivity index (χ1v) is 6.85. The van der Waals surface area contributed by atoms with Crippen molar-refractivity contribution in [1.29, 1.82) is 0 Å². The molecule has 0 aliphatic rings. The number of nitrogens with one attached hydrogen (secondary N) is 2. The van der Waals surface area contributed by atoms with Gasteiger partial charge in [0.2, 0.25) is 5.91 Å². The zero-order valence-corrected chi connectivity index (χ0v) is 12.2. The lowest BCUT2D eigenvalue weighted by molar-refractivity contribution is -0.384. The number of hydrogen-bond donors (Lipinski definition) is 2. The average Bonchev–Trinajstić information content (AvgIpc) is 2.58. The van der Waals surface area contributed by atoms with E-state index >= 15 is 0 Å². The summed E-state index contributed by atoms with van der Waals surface area (Å²) in [5.74, 6) is 0.353. The number of non-ortho nitro benzene ring substituents is 1. The van der Waals surface area contributed by atoms with Crippen molar-refractivity contribution < 1.29 is 9.72 Å². The fourth-order valence-electron chi connectivity index (χ4n) is 1.74. The number of aromatic nitrogens is 2. The Hall–Kier alpha value is -3.29. The molecule has 0 saturated carbocycles. The van der Waals surface area contributed by atoms with E-state index < -0.39 is 4.92 Å². The van der Waals surface area contributed by atoms with Gasteiger partial charge in [-0.1, -0.05) is 12.1 Å². The van der Waals surface area contributed by atoms with Gasteiger partial charge in [0, 0.05) is 43.7 Å². The fourth-order valence-corrected chi connectivity index (χ4v) is 1.74. The first kappa shape index (κ1) is 16.1. The number of benzene rings is 1. The topological polar surface area (TPSA) is 110 Å². The number of carbonyl (C=O) groups excluding carboxylic acids is 1. The van der Waals surface area contributed by atoms with Gasteiger partial charge in [0.05, 0.1) is 11.1 Å². The van der Waals surface area contributed by atoms with Crippen LogP contribution in [0.3, 0.4) is 0 Å². The van der Waals surface area contributed by atoms with Crippen molar-refractivity contribution in [1.82, 2.24) is 15.3 Å². The van der Waals surface area contributed by atoms with Gasteiger partial charge in [0.15, 0.2) is 0 Å². The van der Waals surface area contributed by atoms with E-state index in [9.17, 15) is 14.9 Å². The molecule has 1 amide bonds. The van der Waals surface area contributed by atoms with Gasteiger partial charge in [0.1, 0.15) is 5.82 Å². The van der Waals surface area contributed by atoms with Crippen LogP contribution in [0.15, 0.2) is 48.9 Å². The molecule has 0 spiro atoms. The van der Waals surface area contributed by atoms with Crippen molar-refractivity contribution in [3.05, 3.63) is 64.6 Å². The molecule has 2 N–H and O–H groups in total. The molecule has 8 heteroatoms. The van der Waals surface area contributed by atoms with Crippen LogP contribution < -0.4 is 10.6 Å². The van der Waals surface area contributed by atoms with Gasteiger partial charge in [-0.2, -0.15) is 0 Å². The minimum absolute atomic E-state index is 0.0132. The second-order valence-electron chi connectivity index (χ2n) is 4.49. The Bertz CT molecular complexity index is 703. The van der Waals surface area contributed by atoms with Crippen LogP contribution in [0.2, 0.25) is 0 Å². The van der Waals surface area contributed by atoms with Crippen molar-refractivity contribution in [2.24, 2.45) is 0 Å². The van der Waals surface area contributed by atoms with Crippen molar-refractivity contribution >= 4 is 23.5 Å². The largest absolute Gasteiger partial charge is 0.367 e. The Balaban J connectivity index is 1.76. The lowest BCUT2D eigenvalue weighted by Gasteiger charge is -2.05. The zero-order chi connectivity index (χ0) is 16.5. The van der Waals surface area contributed by atoms with Gasteiger partial charge in [-0.3, -0.25) is 19.9 Å². The van der Waals surface area contributed by atoms with Gasteiger partial charge in [0.25, 0.3) is 5.69 Å². The summed E-state index contributed by atoms with van der Waals surface area (Å²) in [7, 11) is 0. The van der Waals surface area contributed by atoms with Gasteiger partial charge < -0.3 is 10.6 Å². The maximum Gasteiger partial charge on any atom is 0.270 e. The Labute approximate surface area is 132 Å². The SMILES string of the molecule is O=C(C=Cc1cccc([N+](=O)[O-])c1)NCCNc1cnccn1. The third-order valence-corrected chi connectivity index (χ3v) is 2.80. The summed E-state index contributed by atoms with van der Waals surface area (Å²) >= 11 is 0. The smallest absolute Gasteiger partial charge is 0.270 e. The van der Waals surface area contributed by atoms with E-state index in [1.165, 1.54) is 24.3 Å². The molecule has 0 aliphatic carbocycles. The second-order valence-corrected chi connectivity index (χ2v) is 4.49. The summed E-state index contributed by atoms with van der Waals surface area (Å²) in [5.41, 5.74) is 0.577. The standard InChI is InChI=1S/C15H15N5O3/c21-15(19-9-8-18-14-11-16-6-7-17-14)5-4-12-2-1-3-13(10-12)20(22)23/h1-7,10-11H,8-9H2,(H,17,18)(H,19,21). The van der Waals surface area contributed by atoms with Crippen molar-refractivity contribution in [3.63, 3.8) is 0 Å². The maximum absolute atomic E-state index is 11.7. The quantitative estimate of drug-likeness (QED) is 0.348. The molecule has 0 radical (unpaired) electrons. The molecule has 0 saturated heterocycles. The van der Waals surface area contributed by atoms with E-state index in [1.807, 2.05) is 0 Å². The maximum atomic E-state index is 11.7. The highest BCUT2D eigenvalue weighted by atomic mass is 16.6. The third-order valence-electron chi connectivity index (χ3n) is 2.80. The van der Waals surface area contributed by atoms with Crippen LogP contribution in [-0.4, -0.2) is 33.9 Å². The fraction of sp³-hybridized carbons (Fsp3) is 0.133. The van der Waals surface area contributed by atoms with Crippen LogP contribution in [0.4, 0.5) is 11.5 Å². The molecule has 0 unspecified atom stereocenters. The third kappa shape index (κ3) is 5.54. The van der Waals surface area contributed by atoms with Gasteiger partial charge in [-0.15, -0.1) is 0 Å². The summed E-state index contributed by atoms with van der Waals surface area (Å²) in [6.07, 6.45) is 7.60. The van der Waals surface area contributed by atoms with Gasteiger partial charge >= 0.3 is 0 Å². The highest BCUT2D eigenvalue weighted by Crippen LogP contribution is 2.13. The Morgan fingerprint density at radius 3 is 2.91 bits per heavy atom. The normalized spacial score (nSPS) is 10.4. The average molecular weight is 313 g/mol. The molecule has 0 fully saturated rings. The molecule has 2 aromatic rings. The highest BCUT2D eigenvalue weighted by molar-refractivity contribution is 5.91. The highest BCUT2D eigenvalue weighted by Gasteiger charge is 2.04. The molecule has 1 heterocycles. The van der Waals surface area contributed by atoms with Crippen LogP contribution in [0.5, 0.6) is 0 Å². The van der Waals surface area contributed by atoms with Crippen molar-refractivity contribution in [3.8, 4) is 0 Å². The number of carbonyl (C=O) groups is 1. The number of nitrogens with zero attached hydrogens (tertiary/aromatic N) is 3. The molecule has 118 valence electrons. The number of anilines is 1. The molecule has 0 bridgehead atoms. The van der Waals surface area contributed by atoms with Crippen LogP contribution in [-0.2, 0) is 4.79 Å². The number of nitro benzene ring substituents is 1. The molecule has 0 aliphatic heterocycles. The number of nitro groups is 1. The summed E-state index contributed by atoms with van der Waals surface area (Å²) in [6, 6.07) is 6.06. The molecular weight excluding hydrogens is 298 g/mol. The van der Waals surface area contributed by atoms with E-state index in [-0.39, 0.29) is 11.6 Å². The lowest BCUT2D eigenvalue weighted by Crippen LogP contribution is -2.27. The Morgan fingerprint density at radius 2 is 2.17 bits per heavy atom. The molecule has 2 rings (SSSR count). The number of amides is 1. The van der Waals surface area contributed by atoms with E-state index in [0.29, 0.717) is 24.5 Å². The summed E-state index contributed by atoms with van der Waals surface area (Å²) in [6.45, 7) is 0.920. The van der Waals surface area contributed by atoms with Crippen molar-refractivity contribution in [2.75, 3.05) is 18.4 Å². The van der Waals surface area contributed by atoms with Gasteiger partial charge in [-0.05, 0) is 11.6 Å². The van der Waals surface area contributed by atoms with E-state index in [2.05, 4.69) is 20.6 Å². The predicted molar refractivity (Wildman–Crippen MR) is 85.7 cm³/mol. The number of hydrogen-bond acceptors (Lipinski definition) is 6. The Kier molecular flexibility index (Phi) is 5.75. The lowest BCUT2D eigenvalue weighted by atomic mass is 10.2. The van der Waals surface area contributed by atoms with Crippen molar-refractivity contribution in [2.45, 2.75) is 0 Å². The molecular formula is C15H15N5O3. The molecule has 23 heavy (non-hydrogen) atoms. The molecule has 1 aromatic heterocycles. The van der Waals surface area contributed by atoms with E-state index in [0.717, 1.165) is 0 Å². The second kappa shape index (κ2) is 8.23. The van der Waals surface area contributed by atoms with Crippen LogP contribution in [0.25, 0.3) is 6.08 Å². The minimum atomic E-state index is -0.477. The van der Waals surface area contributed by atoms with Crippen LogP contribution in [0, 0.1) is 10.1 Å². The number of rotatable bonds is 7. The monoisotopic (exact) mass is 313 g/mol. The zero-order valence-electron chi connectivity index (χ0n) is 12.2. The van der Waals surface area contributed by atoms with E-state index in [1.54, 1.807) is 30.7 Å². The summed E-state index contributed by atoms with van der Waals surface area (Å²) in [4.78, 5) is 29.8. The summed E-state index contributed by atoms with van der Waals surface area (Å²) < 4.78 is 0. The molecule has 8 nitrogen and oxygen atoms in total.